The van der Waals surface area contributed by atoms with Crippen molar-refractivity contribution >= 4 is 18.0 Å². The predicted molar refractivity (Wildman–Crippen MR) is 140 cm³/mol. The smallest absolute Gasteiger partial charge is 0.407 e. The molecule has 2 amide bonds. The molecule has 0 saturated heterocycles. The number of hydrogen-bond acceptors (Lipinski definition) is 7. The number of carboxylic acids is 1. The lowest BCUT2D eigenvalue weighted by molar-refractivity contribution is -0.139. The lowest BCUT2D eigenvalue weighted by atomic mass is 10.1. The van der Waals surface area contributed by atoms with E-state index < -0.39 is 35.2 Å². The number of methoxy groups -OCH3 is 1. The minimum absolute atomic E-state index is 0.0532. The number of carbonyl (C=O) groups is 3. The summed E-state index contributed by atoms with van der Waals surface area (Å²) in [5, 5.41) is 14.7. The van der Waals surface area contributed by atoms with Crippen LogP contribution in [0.5, 0.6) is 5.75 Å². The minimum atomic E-state index is -1.21. The number of benzene rings is 1. The molecule has 3 N–H and O–H groups in total. The molecule has 0 aliphatic heterocycles. The zero-order chi connectivity index (χ0) is 28.1. The Kier molecular flexibility index (Phi) is 11.8. The van der Waals surface area contributed by atoms with Gasteiger partial charge in [-0.05, 0) is 51.7 Å². The molecule has 0 bridgehead atoms. The van der Waals surface area contributed by atoms with Gasteiger partial charge in [0.05, 0.1) is 12.2 Å². The van der Waals surface area contributed by atoms with Gasteiger partial charge in [0.15, 0.2) is 5.75 Å². The maximum atomic E-state index is 13.1. The van der Waals surface area contributed by atoms with Gasteiger partial charge >= 0.3 is 12.1 Å². The Morgan fingerprint density at radius 2 is 1.79 bits per heavy atom. The Morgan fingerprint density at radius 3 is 2.42 bits per heavy atom. The molecule has 208 valence electrons. The molecule has 0 aliphatic carbocycles. The number of aliphatic carboxylic acids is 1. The number of unbranched alkanes of at least 4 members (excludes halogenated alkanes) is 1. The van der Waals surface area contributed by atoms with Crippen LogP contribution in [-0.4, -0.2) is 59.5 Å². The first kappa shape index (κ1) is 30.4. The van der Waals surface area contributed by atoms with Crippen LogP contribution in [0.1, 0.15) is 56.0 Å². The monoisotopic (exact) mass is 531 g/mol. The molecule has 1 atom stereocenters. The number of nitrogens with zero attached hydrogens (tertiary/aromatic N) is 1. The molecule has 11 heteroatoms. The summed E-state index contributed by atoms with van der Waals surface area (Å²) in [7, 11) is 1.51. The van der Waals surface area contributed by atoms with E-state index in [0.717, 1.165) is 5.56 Å². The van der Waals surface area contributed by atoms with E-state index in [4.69, 9.17) is 14.2 Å². The van der Waals surface area contributed by atoms with Crippen molar-refractivity contribution in [3.8, 4) is 5.75 Å². The van der Waals surface area contributed by atoms with Crippen molar-refractivity contribution in [2.75, 3.05) is 20.3 Å². The highest BCUT2D eigenvalue weighted by Crippen LogP contribution is 2.16. The molecule has 0 aliphatic rings. The van der Waals surface area contributed by atoms with Crippen LogP contribution in [0.15, 0.2) is 47.4 Å². The fourth-order valence-electron chi connectivity index (χ4n) is 3.44. The van der Waals surface area contributed by atoms with Gasteiger partial charge in [-0.2, -0.15) is 0 Å². The highest BCUT2D eigenvalue weighted by molar-refractivity contribution is 5.98. The summed E-state index contributed by atoms with van der Waals surface area (Å²) in [6.07, 6.45) is 1.93. The number of carboxylic acid groups (broad SMARTS) is 1. The van der Waals surface area contributed by atoms with Crippen LogP contribution in [0.3, 0.4) is 0 Å². The topological polar surface area (TPSA) is 145 Å². The van der Waals surface area contributed by atoms with E-state index in [0.29, 0.717) is 19.4 Å². The van der Waals surface area contributed by atoms with E-state index in [2.05, 4.69) is 10.6 Å². The number of rotatable bonds is 14. The first-order chi connectivity index (χ1) is 18.0. The lowest BCUT2D eigenvalue weighted by Crippen LogP contribution is -2.41. The number of hydrogen-bond donors (Lipinski definition) is 3. The van der Waals surface area contributed by atoms with E-state index in [9.17, 15) is 24.3 Å². The third-order valence-electron chi connectivity index (χ3n) is 5.32. The Labute approximate surface area is 222 Å². The summed E-state index contributed by atoms with van der Waals surface area (Å²) in [5.74, 6) is -2.11. The molecule has 11 nitrogen and oxygen atoms in total. The fourth-order valence-corrected chi connectivity index (χ4v) is 3.44. The van der Waals surface area contributed by atoms with Gasteiger partial charge in [0.25, 0.3) is 11.5 Å². The summed E-state index contributed by atoms with van der Waals surface area (Å²) < 4.78 is 17.3. The van der Waals surface area contributed by atoms with Gasteiger partial charge in [0.1, 0.15) is 18.2 Å². The van der Waals surface area contributed by atoms with Crippen molar-refractivity contribution < 1.29 is 33.7 Å². The van der Waals surface area contributed by atoms with Gasteiger partial charge < -0.3 is 34.5 Å². The number of amides is 2. The SMILES string of the molecule is COCCn1ccc(C(=O)NC(CCCCNC(=O)OC(C)(C)C)C(=O)O)c(OCc2ccccc2)c1=O. The van der Waals surface area contributed by atoms with Crippen molar-refractivity contribution in [3.63, 3.8) is 0 Å². The van der Waals surface area contributed by atoms with Gasteiger partial charge in [-0.1, -0.05) is 30.3 Å². The maximum absolute atomic E-state index is 13.1. The maximum Gasteiger partial charge on any atom is 0.407 e. The summed E-state index contributed by atoms with van der Waals surface area (Å²) in [6, 6.07) is 9.39. The third kappa shape index (κ3) is 10.3. The van der Waals surface area contributed by atoms with Gasteiger partial charge in [-0.15, -0.1) is 0 Å². The lowest BCUT2D eigenvalue weighted by Gasteiger charge is -2.20. The number of aromatic nitrogens is 1. The summed E-state index contributed by atoms with van der Waals surface area (Å²) in [6.45, 7) is 6.16. The summed E-state index contributed by atoms with van der Waals surface area (Å²) in [5.41, 5.74) is -0.395. The van der Waals surface area contributed by atoms with Gasteiger partial charge in [0, 0.05) is 26.4 Å². The van der Waals surface area contributed by atoms with Gasteiger partial charge in [-0.25, -0.2) is 9.59 Å². The molecule has 1 unspecified atom stereocenters. The highest BCUT2D eigenvalue weighted by atomic mass is 16.6. The second-order valence-electron chi connectivity index (χ2n) is 9.61. The van der Waals surface area contributed by atoms with E-state index in [-0.39, 0.29) is 37.5 Å². The zero-order valence-electron chi connectivity index (χ0n) is 22.3. The van der Waals surface area contributed by atoms with Crippen LogP contribution in [0.4, 0.5) is 4.79 Å². The Morgan fingerprint density at radius 1 is 1.08 bits per heavy atom. The molecule has 2 aromatic rings. The molecular weight excluding hydrogens is 494 g/mol. The quantitative estimate of drug-likeness (QED) is 0.316. The molecule has 38 heavy (non-hydrogen) atoms. The van der Waals surface area contributed by atoms with Crippen molar-refractivity contribution in [1.29, 1.82) is 0 Å². The third-order valence-corrected chi connectivity index (χ3v) is 5.32. The standard InChI is InChI=1S/C27H37N3O8/c1-27(2,3)38-26(35)28-14-9-8-12-21(25(33)34)29-23(31)20-13-15-30(16-17-36-4)24(32)22(20)37-18-19-10-6-5-7-11-19/h5-7,10-11,13,15,21H,8-9,12,14,16-18H2,1-4H3,(H,28,35)(H,29,31)(H,33,34). The number of pyridine rings is 1. The van der Waals surface area contributed by atoms with Crippen LogP contribution in [0.2, 0.25) is 0 Å². The Hall–Kier alpha value is -3.86. The molecule has 1 aromatic heterocycles. The normalized spacial score (nSPS) is 11.9. The zero-order valence-corrected chi connectivity index (χ0v) is 22.3. The fraction of sp³-hybridized carbons (Fsp3) is 0.481. The molecule has 0 saturated carbocycles. The van der Waals surface area contributed by atoms with Crippen LogP contribution in [-0.2, 0) is 27.4 Å². The first-order valence-electron chi connectivity index (χ1n) is 12.4. The molecule has 1 aromatic carbocycles. The molecule has 0 spiro atoms. The minimum Gasteiger partial charge on any atom is -0.482 e. The van der Waals surface area contributed by atoms with Crippen molar-refractivity contribution in [2.24, 2.45) is 0 Å². The molecule has 0 radical (unpaired) electrons. The van der Waals surface area contributed by atoms with E-state index >= 15 is 0 Å². The second-order valence-corrected chi connectivity index (χ2v) is 9.61. The highest BCUT2D eigenvalue weighted by Gasteiger charge is 2.24. The first-order valence-corrected chi connectivity index (χ1v) is 12.4. The summed E-state index contributed by atoms with van der Waals surface area (Å²) in [4.78, 5) is 49.7. The predicted octanol–water partition coefficient (Wildman–Crippen LogP) is 2.95. The largest absolute Gasteiger partial charge is 0.482 e. The van der Waals surface area contributed by atoms with Crippen LogP contribution in [0, 0.1) is 0 Å². The number of alkyl carbamates (subject to hydrolysis) is 1. The van der Waals surface area contributed by atoms with E-state index in [1.54, 1.807) is 20.8 Å². The number of nitrogens with one attached hydrogen (secondary N) is 2. The average Bonchev–Trinajstić information content (AvgIpc) is 2.85. The number of carbonyl (C=O) groups excluding carboxylic acids is 2. The Bertz CT molecular complexity index is 1130. The van der Waals surface area contributed by atoms with Crippen molar-refractivity contribution in [3.05, 3.63) is 64.1 Å². The van der Waals surface area contributed by atoms with E-state index in [1.807, 2.05) is 30.3 Å². The Balaban J connectivity index is 2.07. The number of ether oxygens (including phenoxy) is 3. The average molecular weight is 532 g/mol. The molecular formula is C27H37N3O8. The van der Waals surface area contributed by atoms with Crippen LogP contribution in [0.25, 0.3) is 0 Å². The second kappa shape index (κ2) is 14.8. The molecule has 2 rings (SSSR count). The van der Waals surface area contributed by atoms with Crippen LogP contribution < -0.4 is 20.9 Å². The van der Waals surface area contributed by atoms with Gasteiger partial charge in [-0.3, -0.25) is 9.59 Å². The van der Waals surface area contributed by atoms with Crippen molar-refractivity contribution in [2.45, 2.75) is 64.8 Å². The summed E-state index contributed by atoms with van der Waals surface area (Å²) >= 11 is 0. The van der Waals surface area contributed by atoms with Crippen molar-refractivity contribution in [1.82, 2.24) is 15.2 Å². The van der Waals surface area contributed by atoms with Gasteiger partial charge in [0.2, 0.25) is 0 Å². The van der Waals surface area contributed by atoms with Crippen LogP contribution >= 0.6 is 0 Å². The molecule has 1 heterocycles. The molecule has 0 fully saturated rings. The van der Waals surface area contributed by atoms with E-state index in [1.165, 1.54) is 23.9 Å².